The van der Waals surface area contributed by atoms with Crippen LogP contribution in [0, 0.1) is 0 Å². The minimum absolute atomic E-state index is 1.50. The van der Waals surface area contributed by atoms with Crippen LogP contribution in [-0.2, 0) is 0 Å². The van der Waals surface area contributed by atoms with Crippen molar-refractivity contribution in [1.82, 2.24) is 0 Å². The van der Waals surface area contributed by atoms with Gasteiger partial charge in [0.25, 0.3) is 0 Å². The van der Waals surface area contributed by atoms with E-state index in [0.29, 0.717) is 0 Å². The van der Waals surface area contributed by atoms with Crippen LogP contribution in [0.5, 0.6) is 0 Å². The summed E-state index contributed by atoms with van der Waals surface area (Å²) in [6.07, 6.45) is 9.51. The third-order valence-corrected chi connectivity index (χ3v) is 0.551. The first kappa shape index (κ1) is 16.6. The number of rotatable bonds is 2. The van der Waals surface area contributed by atoms with Crippen molar-refractivity contribution in [1.29, 1.82) is 0 Å². The topological polar surface area (TPSA) is 26.0 Å². The monoisotopic (exact) mass is 155 g/mol. The molecule has 0 aromatic carbocycles. The van der Waals surface area contributed by atoms with Crippen molar-refractivity contribution in [3.05, 3.63) is 37.0 Å². The molecule has 0 radical (unpaired) electrons. The smallest absolute Gasteiger partial charge is 0.0195 e. The molecule has 0 aromatic heterocycles. The van der Waals surface area contributed by atoms with Crippen LogP contribution >= 0.6 is 0 Å². The standard InChI is InChI=1S/C7H10.C2H6.CH5N/c1-3-5-7-6-4-2;2*1-2/h3-7H,1H2,2H3;1-2H3;2H2,1H3/b6-4-,7-5-;;. The van der Waals surface area contributed by atoms with Gasteiger partial charge >= 0.3 is 0 Å². The Bertz CT molecular complexity index is 91.0. The highest BCUT2D eigenvalue weighted by molar-refractivity contribution is 5.07. The molecule has 0 atom stereocenters. The second kappa shape index (κ2) is 35.2. The maximum atomic E-state index is 4.50. The summed E-state index contributed by atoms with van der Waals surface area (Å²) in [5.41, 5.74) is 4.50. The van der Waals surface area contributed by atoms with Gasteiger partial charge in [-0.05, 0) is 14.0 Å². The Morgan fingerprint density at radius 2 is 1.45 bits per heavy atom. The lowest BCUT2D eigenvalue weighted by Gasteiger charge is -1.65. The lowest BCUT2D eigenvalue weighted by Crippen LogP contribution is -1.69. The van der Waals surface area contributed by atoms with Gasteiger partial charge in [-0.1, -0.05) is 50.8 Å². The van der Waals surface area contributed by atoms with E-state index in [1.54, 1.807) is 6.08 Å². The molecule has 0 spiro atoms. The number of nitrogens with two attached hydrogens (primary N) is 1. The summed E-state index contributed by atoms with van der Waals surface area (Å²) in [7, 11) is 1.50. The Morgan fingerprint density at radius 1 is 1.00 bits per heavy atom. The van der Waals surface area contributed by atoms with Crippen LogP contribution in [0.25, 0.3) is 0 Å². The molecule has 0 aromatic rings. The van der Waals surface area contributed by atoms with Crippen LogP contribution in [0.2, 0.25) is 0 Å². The number of allylic oxidation sites excluding steroid dienone is 5. The first-order valence-electron chi connectivity index (χ1n) is 3.90. The number of hydrogen-bond acceptors (Lipinski definition) is 1. The van der Waals surface area contributed by atoms with Crippen LogP contribution in [0.1, 0.15) is 20.8 Å². The first-order chi connectivity index (χ1) is 5.41. The molecule has 0 amide bonds. The Morgan fingerprint density at radius 3 is 1.73 bits per heavy atom. The summed E-state index contributed by atoms with van der Waals surface area (Å²) in [6, 6.07) is 0. The van der Waals surface area contributed by atoms with E-state index < -0.39 is 0 Å². The van der Waals surface area contributed by atoms with Crippen LogP contribution in [0.3, 0.4) is 0 Å². The Hall–Kier alpha value is -0.820. The zero-order chi connectivity index (χ0) is 9.54. The van der Waals surface area contributed by atoms with Crippen LogP contribution in [0.15, 0.2) is 37.0 Å². The quantitative estimate of drug-likeness (QED) is 0.610. The zero-order valence-corrected chi connectivity index (χ0v) is 8.17. The molecule has 0 aliphatic rings. The van der Waals surface area contributed by atoms with Gasteiger partial charge in [-0.2, -0.15) is 0 Å². The van der Waals surface area contributed by atoms with Crippen molar-refractivity contribution in [3.63, 3.8) is 0 Å². The number of hydrogen-bond donors (Lipinski definition) is 1. The predicted molar refractivity (Wildman–Crippen MR) is 55.6 cm³/mol. The minimum atomic E-state index is 1.50. The minimum Gasteiger partial charge on any atom is -0.333 e. The average molecular weight is 155 g/mol. The molecule has 0 unspecified atom stereocenters. The van der Waals surface area contributed by atoms with Crippen molar-refractivity contribution in [2.24, 2.45) is 5.73 Å². The summed E-state index contributed by atoms with van der Waals surface area (Å²) >= 11 is 0. The van der Waals surface area contributed by atoms with E-state index in [1.165, 1.54) is 7.05 Å². The second-order valence-corrected chi connectivity index (χ2v) is 1.15. The first-order valence-corrected chi connectivity index (χ1v) is 3.90. The van der Waals surface area contributed by atoms with Gasteiger partial charge in [0.05, 0.1) is 0 Å². The molecular weight excluding hydrogens is 134 g/mol. The van der Waals surface area contributed by atoms with Crippen molar-refractivity contribution in [2.45, 2.75) is 20.8 Å². The van der Waals surface area contributed by atoms with E-state index in [0.717, 1.165) is 0 Å². The van der Waals surface area contributed by atoms with Gasteiger partial charge in [0, 0.05) is 0 Å². The molecule has 0 aliphatic heterocycles. The third kappa shape index (κ3) is 46.8. The highest BCUT2D eigenvalue weighted by atomic mass is 14.4. The van der Waals surface area contributed by atoms with E-state index in [4.69, 9.17) is 0 Å². The van der Waals surface area contributed by atoms with Crippen molar-refractivity contribution in [3.8, 4) is 0 Å². The van der Waals surface area contributed by atoms with Crippen molar-refractivity contribution < 1.29 is 0 Å². The zero-order valence-electron chi connectivity index (χ0n) is 8.17. The summed E-state index contributed by atoms with van der Waals surface area (Å²) < 4.78 is 0. The Balaban J connectivity index is -0.000000138. The lowest BCUT2D eigenvalue weighted by molar-refractivity contribution is 1.48. The van der Waals surface area contributed by atoms with Crippen LogP contribution in [0.4, 0.5) is 0 Å². The second-order valence-electron chi connectivity index (χ2n) is 1.15. The van der Waals surface area contributed by atoms with Gasteiger partial charge in [-0.15, -0.1) is 0 Å². The molecule has 0 bridgehead atoms. The fourth-order valence-corrected chi connectivity index (χ4v) is 0.254. The van der Waals surface area contributed by atoms with Gasteiger partial charge in [-0.25, -0.2) is 0 Å². The van der Waals surface area contributed by atoms with Gasteiger partial charge in [0.1, 0.15) is 0 Å². The maximum absolute atomic E-state index is 4.50. The largest absolute Gasteiger partial charge is 0.333 e. The summed E-state index contributed by atoms with van der Waals surface area (Å²) in [4.78, 5) is 0. The summed E-state index contributed by atoms with van der Waals surface area (Å²) in [5.74, 6) is 0. The Kier molecular flexibility index (Phi) is 53.2. The molecule has 0 saturated heterocycles. The predicted octanol–water partition coefficient (Wildman–Crippen LogP) is 2.91. The highest BCUT2D eigenvalue weighted by Gasteiger charge is 1.52. The molecule has 0 aliphatic carbocycles. The fraction of sp³-hybridized carbons (Fsp3) is 0.400. The molecule has 0 rings (SSSR count). The van der Waals surface area contributed by atoms with E-state index in [-0.39, 0.29) is 0 Å². The lowest BCUT2D eigenvalue weighted by atomic mass is 10.4. The molecule has 0 heterocycles. The SMILES string of the molecule is C=C/C=C\C=C/C.CC.CN. The van der Waals surface area contributed by atoms with Crippen LogP contribution in [-0.4, -0.2) is 7.05 Å². The van der Waals surface area contributed by atoms with E-state index >= 15 is 0 Å². The van der Waals surface area contributed by atoms with Gasteiger partial charge in [-0.3, -0.25) is 0 Å². The molecule has 0 fully saturated rings. The van der Waals surface area contributed by atoms with Crippen molar-refractivity contribution in [2.75, 3.05) is 7.05 Å². The van der Waals surface area contributed by atoms with E-state index in [2.05, 4.69) is 12.3 Å². The van der Waals surface area contributed by atoms with Gasteiger partial charge in [0.2, 0.25) is 0 Å². The molecule has 1 heteroatoms. The van der Waals surface area contributed by atoms with Crippen molar-refractivity contribution >= 4 is 0 Å². The Labute approximate surface area is 71.3 Å². The molecule has 2 N–H and O–H groups in total. The van der Waals surface area contributed by atoms with Gasteiger partial charge < -0.3 is 5.73 Å². The molecular formula is C10H21N. The normalized spacial score (nSPS) is 8.09. The molecule has 1 nitrogen and oxygen atoms in total. The third-order valence-electron chi connectivity index (χ3n) is 0.551. The molecule has 66 valence electrons. The average Bonchev–Trinajstić information content (AvgIpc) is 2.13. The summed E-state index contributed by atoms with van der Waals surface area (Å²) in [6.45, 7) is 9.49. The maximum Gasteiger partial charge on any atom is -0.0195 e. The van der Waals surface area contributed by atoms with Crippen LogP contribution < -0.4 is 5.73 Å². The molecule has 11 heavy (non-hydrogen) atoms. The molecule has 0 saturated carbocycles. The van der Waals surface area contributed by atoms with E-state index in [1.807, 2.05) is 45.1 Å². The fourth-order valence-electron chi connectivity index (χ4n) is 0.254. The highest BCUT2D eigenvalue weighted by Crippen LogP contribution is 1.74. The summed E-state index contributed by atoms with van der Waals surface area (Å²) in [5, 5.41) is 0. The van der Waals surface area contributed by atoms with Gasteiger partial charge in [0.15, 0.2) is 0 Å². The van der Waals surface area contributed by atoms with E-state index in [9.17, 15) is 0 Å².